The second-order valence-corrected chi connectivity index (χ2v) is 11.0. The summed E-state index contributed by atoms with van der Waals surface area (Å²) < 4.78 is 0. The van der Waals surface area contributed by atoms with Gasteiger partial charge < -0.3 is 0 Å². The number of fused-ring (bicyclic) bond motifs is 5. The van der Waals surface area contributed by atoms with E-state index < -0.39 is 0 Å². The van der Waals surface area contributed by atoms with Gasteiger partial charge in [0, 0.05) is 5.92 Å². The van der Waals surface area contributed by atoms with Gasteiger partial charge in [-0.25, -0.2) is 0 Å². The predicted molar refractivity (Wildman–Crippen MR) is 108 cm³/mol. The van der Waals surface area contributed by atoms with E-state index in [2.05, 4.69) is 36.7 Å². The van der Waals surface area contributed by atoms with Gasteiger partial charge in [-0.1, -0.05) is 43.1 Å². The van der Waals surface area contributed by atoms with Crippen molar-refractivity contribution in [3.05, 3.63) is 0 Å². The van der Waals surface area contributed by atoms with Gasteiger partial charge in [0.05, 0.1) is 5.33 Å². The number of hydrogen-bond donors (Lipinski definition) is 0. The third-order valence-corrected chi connectivity index (χ3v) is 10.3. The Labute approximate surface area is 163 Å². The molecule has 1 nitrogen and oxygen atoms in total. The minimum atomic E-state index is 0.377. The summed E-state index contributed by atoms with van der Waals surface area (Å²) in [4.78, 5) is 12.4. The number of hydrogen-bond acceptors (Lipinski definition) is 1. The maximum absolute atomic E-state index is 12.4. The van der Waals surface area contributed by atoms with Crippen molar-refractivity contribution < 1.29 is 4.79 Å². The van der Waals surface area contributed by atoms with Crippen LogP contribution in [0, 0.1) is 46.3 Å². The molecule has 0 N–H and O–H groups in total. The summed E-state index contributed by atoms with van der Waals surface area (Å²) in [6.07, 6.45) is 13.9. The van der Waals surface area contributed by atoms with Crippen molar-refractivity contribution in [3.63, 3.8) is 0 Å². The number of halogens is 1. The molecule has 4 aliphatic carbocycles. The van der Waals surface area contributed by atoms with E-state index in [0.717, 1.165) is 23.7 Å². The fourth-order valence-electron chi connectivity index (χ4n) is 8.75. The molecule has 0 aliphatic heterocycles. The van der Waals surface area contributed by atoms with Crippen molar-refractivity contribution in [2.75, 3.05) is 5.33 Å². The van der Waals surface area contributed by atoms with Crippen LogP contribution < -0.4 is 0 Å². The molecular formula is C23H37BrO. The highest BCUT2D eigenvalue weighted by atomic mass is 79.9. The Morgan fingerprint density at radius 1 is 1.00 bits per heavy atom. The second kappa shape index (κ2) is 6.64. The Bertz CT molecular complexity index is 530. The van der Waals surface area contributed by atoms with E-state index >= 15 is 0 Å². The first-order valence-electron chi connectivity index (χ1n) is 11.0. The molecule has 2 unspecified atom stereocenters. The van der Waals surface area contributed by atoms with Gasteiger partial charge in [0.2, 0.25) is 0 Å². The number of carbonyl (C=O) groups excluding carboxylic acids is 1. The minimum Gasteiger partial charge on any atom is -0.298 e. The number of carbonyl (C=O) groups is 1. The Balaban J connectivity index is 1.62. The zero-order chi connectivity index (χ0) is 17.8. The van der Waals surface area contributed by atoms with Crippen LogP contribution in [-0.4, -0.2) is 11.1 Å². The smallest absolute Gasteiger partial charge is 0.146 e. The first kappa shape index (κ1) is 18.5. The summed E-state index contributed by atoms with van der Waals surface area (Å²) in [5.41, 5.74) is 1.18. The Hall–Kier alpha value is 0.150. The molecule has 0 saturated heterocycles. The molecule has 0 amide bonds. The lowest BCUT2D eigenvalue weighted by molar-refractivity contribution is -0.159. The monoisotopic (exact) mass is 408 g/mol. The molecule has 142 valence electrons. The van der Waals surface area contributed by atoms with Gasteiger partial charge in [0.25, 0.3) is 0 Å². The number of Topliss-reactive ketones (excluding diaryl/α,β-unsaturated/α-hetero) is 1. The molecule has 0 aromatic rings. The lowest BCUT2D eigenvalue weighted by Crippen LogP contribution is -2.57. The van der Waals surface area contributed by atoms with E-state index in [-0.39, 0.29) is 0 Å². The Morgan fingerprint density at radius 3 is 2.48 bits per heavy atom. The summed E-state index contributed by atoms with van der Waals surface area (Å²) in [6.45, 7) is 7.63. The highest BCUT2D eigenvalue weighted by Gasteiger charge is 2.61. The second-order valence-electron chi connectivity index (χ2n) is 10.4. The van der Waals surface area contributed by atoms with E-state index in [4.69, 9.17) is 0 Å². The molecule has 4 aliphatic rings. The van der Waals surface area contributed by atoms with Crippen LogP contribution in [0.5, 0.6) is 0 Å². The number of rotatable bonds is 3. The van der Waals surface area contributed by atoms with Crippen LogP contribution in [0.15, 0.2) is 0 Å². The van der Waals surface area contributed by atoms with E-state index in [1.54, 1.807) is 0 Å². The summed E-state index contributed by atoms with van der Waals surface area (Å²) in [5.74, 6) is 5.23. The van der Waals surface area contributed by atoms with Crippen LogP contribution in [0.4, 0.5) is 0 Å². The van der Waals surface area contributed by atoms with Gasteiger partial charge in [0.1, 0.15) is 5.78 Å². The molecule has 0 aromatic heterocycles. The molecule has 0 bridgehead atoms. The average molecular weight is 409 g/mol. The van der Waals surface area contributed by atoms with E-state index in [9.17, 15) is 4.79 Å². The molecule has 4 rings (SSSR count). The van der Waals surface area contributed by atoms with Crippen molar-refractivity contribution >= 4 is 21.7 Å². The van der Waals surface area contributed by atoms with Gasteiger partial charge in [-0.15, -0.1) is 0 Å². The minimum absolute atomic E-state index is 0.377. The van der Waals surface area contributed by atoms with Crippen LogP contribution in [0.1, 0.15) is 85.0 Å². The molecule has 8 atom stereocenters. The maximum atomic E-state index is 12.4. The summed E-state index contributed by atoms with van der Waals surface area (Å²) in [5, 5.41) is 0.573. The first-order valence-corrected chi connectivity index (χ1v) is 12.2. The summed E-state index contributed by atoms with van der Waals surface area (Å²) >= 11 is 3.44. The maximum Gasteiger partial charge on any atom is 0.146 e. The van der Waals surface area contributed by atoms with E-state index in [1.807, 2.05) is 0 Å². The third kappa shape index (κ3) is 2.63. The van der Waals surface area contributed by atoms with E-state index in [1.165, 1.54) is 64.2 Å². The Kier molecular flexibility index (Phi) is 4.92. The van der Waals surface area contributed by atoms with Crippen LogP contribution in [0.25, 0.3) is 0 Å². The first-order chi connectivity index (χ1) is 12.0. The van der Waals surface area contributed by atoms with Gasteiger partial charge in [-0.05, 0) is 98.2 Å². The van der Waals surface area contributed by atoms with Gasteiger partial charge in [-0.2, -0.15) is 0 Å². The lowest BCUT2D eigenvalue weighted by atomic mass is 9.40. The molecule has 2 heteroatoms. The highest BCUT2D eigenvalue weighted by Crippen LogP contribution is 2.70. The predicted octanol–water partition coefficient (Wildman–Crippen LogP) is 6.64. The van der Waals surface area contributed by atoms with Crippen molar-refractivity contribution in [2.45, 2.75) is 85.0 Å². The lowest BCUT2D eigenvalue weighted by Gasteiger charge is -2.65. The van der Waals surface area contributed by atoms with E-state index in [0.29, 0.717) is 33.8 Å². The van der Waals surface area contributed by atoms with Crippen molar-refractivity contribution in [1.29, 1.82) is 0 Å². The average Bonchev–Trinajstić information content (AvgIpc) is 3.04. The van der Waals surface area contributed by atoms with Crippen LogP contribution in [0.2, 0.25) is 0 Å². The van der Waals surface area contributed by atoms with Crippen molar-refractivity contribution in [2.24, 2.45) is 46.3 Å². The normalized spacial score (nSPS) is 52.2. The molecule has 0 aromatic carbocycles. The van der Waals surface area contributed by atoms with Crippen molar-refractivity contribution in [1.82, 2.24) is 0 Å². The quantitative estimate of drug-likeness (QED) is 0.478. The number of alkyl halides is 1. The zero-order valence-corrected chi connectivity index (χ0v) is 18.1. The van der Waals surface area contributed by atoms with Crippen LogP contribution in [-0.2, 0) is 4.79 Å². The largest absolute Gasteiger partial charge is 0.298 e. The summed E-state index contributed by atoms with van der Waals surface area (Å²) in [6, 6.07) is 0. The zero-order valence-electron chi connectivity index (χ0n) is 16.5. The van der Waals surface area contributed by atoms with Crippen LogP contribution >= 0.6 is 15.9 Å². The summed E-state index contributed by atoms with van der Waals surface area (Å²) in [7, 11) is 0. The molecule has 0 spiro atoms. The SMILES string of the molecule is CC[C@]12CC[C@H](C)C[C@@]1(C)CC[C@H]1C3CC[C@H](C(=O)CBr)[C@H]3CCC12. The molecule has 25 heavy (non-hydrogen) atoms. The molecule has 4 saturated carbocycles. The highest BCUT2D eigenvalue weighted by molar-refractivity contribution is 9.09. The van der Waals surface area contributed by atoms with Gasteiger partial charge in [0.15, 0.2) is 0 Å². The third-order valence-electron chi connectivity index (χ3n) is 9.76. The molecule has 0 heterocycles. The number of ketones is 1. The topological polar surface area (TPSA) is 17.1 Å². The molecule has 0 radical (unpaired) electrons. The van der Waals surface area contributed by atoms with Crippen LogP contribution in [0.3, 0.4) is 0 Å². The molecule has 4 fully saturated rings. The van der Waals surface area contributed by atoms with Crippen molar-refractivity contribution in [3.8, 4) is 0 Å². The Morgan fingerprint density at radius 2 is 1.76 bits per heavy atom. The van der Waals surface area contributed by atoms with Gasteiger partial charge in [-0.3, -0.25) is 4.79 Å². The van der Waals surface area contributed by atoms with Gasteiger partial charge >= 0.3 is 0 Å². The molecular weight excluding hydrogens is 372 g/mol. The fourth-order valence-corrected chi connectivity index (χ4v) is 9.16. The standard InChI is InChI=1S/C23H37BrO/c1-4-23-12-9-15(2)13-22(23,3)11-10-18-16-5-6-19(21(25)14-24)17(16)7-8-20(18)23/h15-20H,4-14H2,1-3H3/t15-,16?,17-,18-,19-,20?,22+,23+/m0/s1. The fraction of sp³-hybridized carbons (Fsp3) is 0.957.